The van der Waals surface area contributed by atoms with E-state index in [4.69, 9.17) is 10.1 Å². The van der Waals surface area contributed by atoms with Gasteiger partial charge in [0.1, 0.15) is 5.75 Å². The van der Waals surface area contributed by atoms with E-state index in [1.54, 1.807) is 4.68 Å². The molecule has 1 aromatic heterocycles. The van der Waals surface area contributed by atoms with Crippen LogP contribution in [0.1, 0.15) is 56.9 Å². The SMILES string of the molecule is CC(Oc1cccc(-c2cccc(N/C(=C(\C=N)C(=O)O)[C@@H]3CC3c3cnn(C)c3)c2)c1)C1CCCCC1. The number of carbonyl (C=O) groups is 1. The number of allylic oxidation sites excluding steroid dienone is 1. The van der Waals surface area contributed by atoms with Crippen molar-refractivity contribution in [3.63, 3.8) is 0 Å². The largest absolute Gasteiger partial charge is 0.490 e. The van der Waals surface area contributed by atoms with Crippen molar-refractivity contribution in [3.05, 3.63) is 77.8 Å². The van der Waals surface area contributed by atoms with E-state index in [0.29, 0.717) is 11.6 Å². The van der Waals surface area contributed by atoms with Crippen molar-refractivity contribution < 1.29 is 14.6 Å². The van der Waals surface area contributed by atoms with Crippen LogP contribution in [-0.4, -0.2) is 33.2 Å². The van der Waals surface area contributed by atoms with Gasteiger partial charge in [-0.1, -0.05) is 43.5 Å². The van der Waals surface area contributed by atoms with Gasteiger partial charge >= 0.3 is 5.97 Å². The van der Waals surface area contributed by atoms with E-state index in [2.05, 4.69) is 29.5 Å². The number of ether oxygens (including phenoxy) is 1. The van der Waals surface area contributed by atoms with Crippen LogP contribution in [0.25, 0.3) is 11.1 Å². The van der Waals surface area contributed by atoms with Gasteiger partial charge in [0.15, 0.2) is 0 Å². The molecule has 2 fully saturated rings. The molecule has 0 amide bonds. The Balaban J connectivity index is 1.36. The highest BCUT2D eigenvalue weighted by atomic mass is 16.5. The fraction of sp³-hybridized carbons (Fsp3) is 0.387. The molecule has 5 rings (SSSR count). The molecule has 0 aliphatic heterocycles. The Bertz CT molecular complexity index is 1340. The number of nitrogens with one attached hydrogen (secondary N) is 2. The summed E-state index contributed by atoms with van der Waals surface area (Å²) in [5.41, 5.74) is 4.47. The van der Waals surface area contributed by atoms with E-state index >= 15 is 0 Å². The van der Waals surface area contributed by atoms with Crippen LogP contribution in [0.15, 0.2) is 72.2 Å². The summed E-state index contributed by atoms with van der Waals surface area (Å²) in [4.78, 5) is 12.0. The fourth-order valence-electron chi connectivity index (χ4n) is 5.72. The standard InChI is InChI=1S/C31H36N4O3/c1-20(21-8-4-3-5-9-21)38-26-13-7-11-23(15-26)22-10-6-12-25(14-22)34-30(29(17-32)31(36)37)28-16-27(28)24-18-33-35(2)19-24/h6-7,10-15,17-21,27-28,32,34H,3-5,8-9,16H2,1-2H3,(H,36,37)/b30-29+,32-17?/t20?,27?,28-/m1/s1. The third kappa shape index (κ3) is 5.82. The zero-order valence-corrected chi connectivity index (χ0v) is 22.1. The second-order valence-electron chi connectivity index (χ2n) is 10.6. The Labute approximate surface area is 224 Å². The van der Waals surface area contributed by atoms with Crippen LogP contribution in [0.3, 0.4) is 0 Å². The second kappa shape index (κ2) is 11.3. The summed E-state index contributed by atoms with van der Waals surface area (Å²) in [5.74, 6) is 0.554. The number of nitrogens with zero attached hydrogens (tertiary/aromatic N) is 2. The van der Waals surface area contributed by atoms with Crippen molar-refractivity contribution in [1.82, 2.24) is 9.78 Å². The molecule has 2 aliphatic rings. The first-order valence-electron chi connectivity index (χ1n) is 13.5. The van der Waals surface area contributed by atoms with Crippen LogP contribution in [0.5, 0.6) is 5.75 Å². The number of carboxylic acid groups (broad SMARTS) is 1. The normalized spacial score (nSPS) is 20.8. The van der Waals surface area contributed by atoms with Gasteiger partial charge in [-0.05, 0) is 79.0 Å². The Morgan fingerprint density at radius 3 is 2.58 bits per heavy atom. The van der Waals surface area contributed by atoms with E-state index in [-0.39, 0.29) is 23.5 Å². The minimum absolute atomic E-state index is 0.00596. The monoisotopic (exact) mass is 512 g/mol. The molecule has 3 N–H and O–H groups in total. The van der Waals surface area contributed by atoms with Gasteiger partial charge in [-0.15, -0.1) is 0 Å². The average molecular weight is 513 g/mol. The molecule has 3 atom stereocenters. The van der Waals surface area contributed by atoms with Crippen molar-refractivity contribution >= 4 is 17.9 Å². The van der Waals surface area contributed by atoms with E-state index < -0.39 is 5.97 Å². The van der Waals surface area contributed by atoms with Crippen molar-refractivity contribution in [2.75, 3.05) is 5.32 Å². The molecule has 0 radical (unpaired) electrons. The summed E-state index contributed by atoms with van der Waals surface area (Å²) in [5, 5.41) is 25.2. The molecule has 3 aromatic rings. The molecule has 2 aliphatic carbocycles. The number of benzene rings is 2. The first-order valence-corrected chi connectivity index (χ1v) is 13.5. The van der Waals surface area contributed by atoms with E-state index in [9.17, 15) is 9.90 Å². The summed E-state index contributed by atoms with van der Waals surface area (Å²) in [6.07, 6.45) is 12.1. The molecule has 0 saturated heterocycles. The number of anilines is 1. The number of aromatic nitrogens is 2. The molecule has 198 valence electrons. The molecule has 2 unspecified atom stereocenters. The summed E-state index contributed by atoms with van der Waals surface area (Å²) >= 11 is 0. The summed E-state index contributed by atoms with van der Waals surface area (Å²) in [6, 6.07) is 16.1. The molecular formula is C31H36N4O3. The lowest BCUT2D eigenvalue weighted by atomic mass is 9.86. The molecule has 7 nitrogen and oxygen atoms in total. The van der Waals surface area contributed by atoms with Crippen LogP contribution < -0.4 is 10.1 Å². The number of aryl methyl sites for hydroxylation is 1. The van der Waals surface area contributed by atoms with Crippen molar-refractivity contribution in [2.24, 2.45) is 18.9 Å². The predicted molar refractivity (Wildman–Crippen MR) is 150 cm³/mol. The predicted octanol–water partition coefficient (Wildman–Crippen LogP) is 6.64. The van der Waals surface area contributed by atoms with Crippen LogP contribution in [0.4, 0.5) is 5.69 Å². The Morgan fingerprint density at radius 2 is 1.89 bits per heavy atom. The number of carboxylic acids is 1. The van der Waals surface area contributed by atoms with Crippen molar-refractivity contribution in [2.45, 2.75) is 57.5 Å². The maximum atomic E-state index is 12.0. The highest BCUT2D eigenvalue weighted by Crippen LogP contribution is 2.52. The lowest BCUT2D eigenvalue weighted by Gasteiger charge is -2.28. The topological polar surface area (TPSA) is 100 Å². The van der Waals surface area contributed by atoms with Crippen LogP contribution in [-0.2, 0) is 11.8 Å². The molecule has 1 heterocycles. The first-order chi connectivity index (χ1) is 18.4. The lowest BCUT2D eigenvalue weighted by molar-refractivity contribution is -0.132. The van der Waals surface area contributed by atoms with Crippen molar-refractivity contribution in [1.29, 1.82) is 5.41 Å². The average Bonchev–Trinajstić information content (AvgIpc) is 3.61. The lowest BCUT2D eigenvalue weighted by Crippen LogP contribution is -2.25. The maximum Gasteiger partial charge on any atom is 0.339 e. The smallest absolute Gasteiger partial charge is 0.339 e. The minimum Gasteiger partial charge on any atom is -0.490 e. The minimum atomic E-state index is -1.10. The zero-order valence-electron chi connectivity index (χ0n) is 22.1. The molecule has 7 heteroatoms. The summed E-state index contributed by atoms with van der Waals surface area (Å²) in [6.45, 7) is 2.18. The van der Waals surface area contributed by atoms with Crippen LogP contribution >= 0.6 is 0 Å². The Morgan fingerprint density at radius 1 is 1.16 bits per heavy atom. The van der Waals surface area contributed by atoms with Gasteiger partial charge in [-0.2, -0.15) is 5.10 Å². The van der Waals surface area contributed by atoms with Gasteiger partial charge in [0.05, 0.1) is 17.9 Å². The van der Waals surface area contributed by atoms with E-state index in [0.717, 1.165) is 40.8 Å². The highest BCUT2D eigenvalue weighted by molar-refractivity contribution is 6.09. The first kappa shape index (κ1) is 25.8. The quantitative estimate of drug-likeness (QED) is 0.209. The van der Waals surface area contributed by atoms with E-state index in [1.807, 2.05) is 55.8 Å². The molecule has 0 bridgehead atoms. The van der Waals surface area contributed by atoms with Crippen molar-refractivity contribution in [3.8, 4) is 16.9 Å². The van der Waals surface area contributed by atoms with Gasteiger partial charge < -0.3 is 20.6 Å². The highest BCUT2D eigenvalue weighted by Gasteiger charge is 2.43. The third-order valence-corrected chi connectivity index (χ3v) is 7.92. The fourth-order valence-corrected chi connectivity index (χ4v) is 5.72. The molecule has 2 saturated carbocycles. The summed E-state index contributed by atoms with van der Waals surface area (Å²) in [7, 11) is 1.87. The number of rotatable bonds is 10. The molecule has 0 spiro atoms. The summed E-state index contributed by atoms with van der Waals surface area (Å²) < 4.78 is 8.12. The molecular weight excluding hydrogens is 476 g/mol. The molecule has 38 heavy (non-hydrogen) atoms. The number of hydrogen-bond donors (Lipinski definition) is 3. The maximum absolute atomic E-state index is 12.0. The van der Waals surface area contributed by atoms with Gasteiger partial charge in [-0.3, -0.25) is 4.68 Å². The van der Waals surface area contributed by atoms with Gasteiger partial charge in [0.25, 0.3) is 0 Å². The Kier molecular flexibility index (Phi) is 7.63. The van der Waals surface area contributed by atoms with Gasteiger partial charge in [0.2, 0.25) is 0 Å². The van der Waals surface area contributed by atoms with Crippen LogP contribution in [0, 0.1) is 17.2 Å². The number of aliphatic carboxylic acids is 1. The number of hydrogen-bond acceptors (Lipinski definition) is 5. The second-order valence-corrected chi connectivity index (χ2v) is 10.6. The van der Waals surface area contributed by atoms with Crippen LogP contribution in [0.2, 0.25) is 0 Å². The van der Waals surface area contributed by atoms with E-state index in [1.165, 1.54) is 32.1 Å². The van der Waals surface area contributed by atoms with Gasteiger partial charge in [-0.25, -0.2) is 4.79 Å². The third-order valence-electron chi connectivity index (χ3n) is 7.92. The zero-order chi connectivity index (χ0) is 26.6. The van der Waals surface area contributed by atoms with Gasteiger partial charge in [0, 0.05) is 36.8 Å². The Hall–Kier alpha value is -3.87. The molecule has 2 aromatic carbocycles.